The zero-order valence-corrected chi connectivity index (χ0v) is 20.3. The predicted octanol–water partition coefficient (Wildman–Crippen LogP) is 4.29. The topological polar surface area (TPSA) is 59.9 Å². The summed E-state index contributed by atoms with van der Waals surface area (Å²) in [5.74, 6) is 1.14. The second kappa shape index (κ2) is 13.5. The molecule has 2 aromatic carbocycles. The number of piperidine rings is 1. The third kappa shape index (κ3) is 8.52. The molecule has 1 aliphatic rings. The Labute approximate surface area is 198 Å². The van der Waals surface area contributed by atoms with Gasteiger partial charge in [-0.2, -0.15) is 0 Å². The van der Waals surface area contributed by atoms with E-state index in [9.17, 15) is 5.11 Å². The van der Waals surface area contributed by atoms with E-state index in [-0.39, 0.29) is 24.0 Å². The number of phenolic OH excluding ortho intramolecular Hbond substituents is 1. The molecule has 0 saturated carbocycles. The molecular weight excluding hydrogens is 487 g/mol. The first-order chi connectivity index (χ1) is 14.2. The van der Waals surface area contributed by atoms with E-state index in [0.717, 1.165) is 37.6 Å². The van der Waals surface area contributed by atoms with E-state index in [1.54, 1.807) is 12.1 Å². The minimum absolute atomic E-state index is 0. The minimum Gasteiger partial charge on any atom is -0.508 e. The van der Waals surface area contributed by atoms with Gasteiger partial charge in [0.15, 0.2) is 5.96 Å². The van der Waals surface area contributed by atoms with Crippen molar-refractivity contribution in [2.75, 3.05) is 26.2 Å². The van der Waals surface area contributed by atoms with E-state index < -0.39 is 0 Å². The monoisotopic (exact) mass is 522 g/mol. The van der Waals surface area contributed by atoms with Crippen LogP contribution in [0.2, 0.25) is 0 Å². The van der Waals surface area contributed by atoms with Gasteiger partial charge in [0.25, 0.3) is 0 Å². The van der Waals surface area contributed by atoms with Gasteiger partial charge in [-0.25, -0.2) is 4.99 Å². The predicted molar refractivity (Wildman–Crippen MR) is 136 cm³/mol. The highest BCUT2D eigenvalue weighted by Gasteiger charge is 2.10. The maximum Gasteiger partial charge on any atom is 0.191 e. The molecule has 164 valence electrons. The van der Waals surface area contributed by atoms with Gasteiger partial charge in [-0.15, -0.1) is 24.0 Å². The Hall–Kier alpha value is -1.80. The third-order valence-electron chi connectivity index (χ3n) is 5.26. The molecule has 1 aliphatic heterocycles. The number of halogens is 1. The van der Waals surface area contributed by atoms with Crippen molar-refractivity contribution in [1.29, 1.82) is 0 Å². The molecule has 0 amide bonds. The zero-order chi connectivity index (χ0) is 20.3. The maximum atomic E-state index is 9.57. The molecule has 3 N–H and O–H groups in total. The van der Waals surface area contributed by atoms with Crippen LogP contribution in [-0.4, -0.2) is 42.1 Å². The summed E-state index contributed by atoms with van der Waals surface area (Å²) in [6.45, 7) is 7.84. The van der Waals surface area contributed by atoms with Crippen LogP contribution in [0.15, 0.2) is 53.5 Å². The molecule has 1 saturated heterocycles. The maximum absolute atomic E-state index is 9.57. The first-order valence-corrected chi connectivity index (χ1v) is 10.8. The summed E-state index contributed by atoms with van der Waals surface area (Å²) in [7, 11) is 0. The highest BCUT2D eigenvalue weighted by molar-refractivity contribution is 14.0. The number of aromatic hydroxyl groups is 1. The van der Waals surface area contributed by atoms with Gasteiger partial charge in [-0.05, 0) is 68.1 Å². The van der Waals surface area contributed by atoms with Crippen molar-refractivity contribution in [3.05, 3.63) is 65.2 Å². The largest absolute Gasteiger partial charge is 0.508 e. The first kappa shape index (κ1) is 24.5. The quantitative estimate of drug-likeness (QED) is 0.275. The Morgan fingerprint density at radius 1 is 0.967 bits per heavy atom. The minimum atomic E-state index is 0. The van der Waals surface area contributed by atoms with E-state index in [0.29, 0.717) is 12.3 Å². The molecule has 0 aliphatic carbocycles. The zero-order valence-electron chi connectivity index (χ0n) is 17.9. The Balaban J connectivity index is 0.00000320. The van der Waals surface area contributed by atoms with Crippen LogP contribution in [0.4, 0.5) is 0 Å². The fourth-order valence-electron chi connectivity index (χ4n) is 3.68. The second-order valence-corrected chi connectivity index (χ2v) is 7.70. The number of guanidine groups is 1. The second-order valence-electron chi connectivity index (χ2n) is 7.70. The van der Waals surface area contributed by atoms with Crippen molar-refractivity contribution in [1.82, 2.24) is 15.5 Å². The molecule has 0 bridgehead atoms. The molecule has 0 atom stereocenters. The molecule has 6 heteroatoms. The number of aliphatic imine (C=N–C) groups is 1. The lowest BCUT2D eigenvalue weighted by molar-refractivity contribution is 0.221. The summed E-state index contributed by atoms with van der Waals surface area (Å²) in [4.78, 5) is 7.26. The molecule has 1 heterocycles. The molecule has 30 heavy (non-hydrogen) atoms. The average Bonchev–Trinajstić information content (AvgIpc) is 2.74. The van der Waals surface area contributed by atoms with Gasteiger partial charge in [0.2, 0.25) is 0 Å². The molecule has 0 radical (unpaired) electrons. The number of phenols is 1. The molecule has 3 rings (SSSR count). The Morgan fingerprint density at radius 2 is 1.70 bits per heavy atom. The summed E-state index contributed by atoms with van der Waals surface area (Å²) in [6.07, 6.45) is 4.88. The average molecular weight is 522 g/mol. The van der Waals surface area contributed by atoms with Crippen LogP contribution in [0.3, 0.4) is 0 Å². The fourth-order valence-corrected chi connectivity index (χ4v) is 3.68. The van der Waals surface area contributed by atoms with Gasteiger partial charge in [0.1, 0.15) is 5.75 Å². The summed E-state index contributed by atoms with van der Waals surface area (Å²) in [5, 5.41) is 16.2. The van der Waals surface area contributed by atoms with Crippen molar-refractivity contribution in [3.63, 3.8) is 0 Å². The number of likely N-dealkylation sites (tertiary alicyclic amines) is 1. The van der Waals surface area contributed by atoms with Crippen LogP contribution < -0.4 is 10.6 Å². The first-order valence-electron chi connectivity index (χ1n) is 10.8. The molecule has 0 unspecified atom stereocenters. The van der Waals surface area contributed by atoms with Crippen LogP contribution in [-0.2, 0) is 19.5 Å². The van der Waals surface area contributed by atoms with Crippen LogP contribution in [0, 0.1) is 0 Å². The SMILES string of the molecule is CCNC(=NCc1ccc(CN2CCCCC2)cc1)NCCc1cccc(O)c1.I. The Morgan fingerprint density at radius 3 is 2.40 bits per heavy atom. The smallest absolute Gasteiger partial charge is 0.191 e. The Kier molecular flexibility index (Phi) is 11.0. The van der Waals surface area contributed by atoms with Gasteiger partial charge in [0.05, 0.1) is 6.54 Å². The van der Waals surface area contributed by atoms with E-state index in [2.05, 4.69) is 46.7 Å². The van der Waals surface area contributed by atoms with Gasteiger partial charge >= 0.3 is 0 Å². The standard InChI is InChI=1S/C24H34N4O.HI/c1-2-25-24(26-14-13-20-7-6-8-23(29)17-20)27-18-21-9-11-22(12-10-21)19-28-15-4-3-5-16-28;/h6-12,17,29H,2-5,13-16,18-19H2,1H3,(H2,25,26,27);1H. The van der Waals surface area contributed by atoms with Crippen molar-refractivity contribution in [2.24, 2.45) is 4.99 Å². The number of hydrogen-bond acceptors (Lipinski definition) is 3. The normalized spacial score (nSPS) is 14.8. The van der Waals surface area contributed by atoms with Gasteiger partial charge < -0.3 is 15.7 Å². The molecular formula is C24H35IN4O. The van der Waals surface area contributed by atoms with Gasteiger partial charge in [0, 0.05) is 19.6 Å². The summed E-state index contributed by atoms with van der Waals surface area (Å²) < 4.78 is 0. The Bertz CT molecular complexity index is 773. The summed E-state index contributed by atoms with van der Waals surface area (Å²) in [6, 6.07) is 16.3. The van der Waals surface area contributed by atoms with Gasteiger partial charge in [-0.1, -0.05) is 42.8 Å². The van der Waals surface area contributed by atoms with Crippen LogP contribution in [0.5, 0.6) is 5.75 Å². The lowest BCUT2D eigenvalue weighted by Gasteiger charge is -2.26. The van der Waals surface area contributed by atoms with Crippen molar-refractivity contribution in [3.8, 4) is 5.75 Å². The van der Waals surface area contributed by atoms with E-state index in [1.807, 2.05) is 12.1 Å². The summed E-state index contributed by atoms with van der Waals surface area (Å²) >= 11 is 0. The van der Waals surface area contributed by atoms with Gasteiger partial charge in [-0.3, -0.25) is 4.90 Å². The van der Waals surface area contributed by atoms with Crippen LogP contribution in [0.25, 0.3) is 0 Å². The molecule has 2 aromatic rings. The number of rotatable bonds is 8. The van der Waals surface area contributed by atoms with E-state index >= 15 is 0 Å². The van der Waals surface area contributed by atoms with Crippen LogP contribution in [0.1, 0.15) is 42.9 Å². The van der Waals surface area contributed by atoms with E-state index in [1.165, 1.54) is 43.5 Å². The highest BCUT2D eigenvalue weighted by atomic mass is 127. The molecule has 5 nitrogen and oxygen atoms in total. The fraction of sp³-hybridized carbons (Fsp3) is 0.458. The lowest BCUT2D eigenvalue weighted by atomic mass is 10.1. The lowest BCUT2D eigenvalue weighted by Crippen LogP contribution is -2.38. The third-order valence-corrected chi connectivity index (χ3v) is 5.26. The van der Waals surface area contributed by atoms with Crippen molar-refractivity contribution >= 4 is 29.9 Å². The highest BCUT2D eigenvalue weighted by Crippen LogP contribution is 2.14. The molecule has 0 aromatic heterocycles. The number of benzene rings is 2. The molecule has 1 fully saturated rings. The number of nitrogens with zero attached hydrogens (tertiary/aromatic N) is 2. The number of hydrogen-bond donors (Lipinski definition) is 3. The van der Waals surface area contributed by atoms with Crippen LogP contribution >= 0.6 is 24.0 Å². The number of nitrogens with one attached hydrogen (secondary N) is 2. The molecule has 0 spiro atoms. The van der Waals surface area contributed by atoms with Crippen molar-refractivity contribution in [2.45, 2.75) is 45.7 Å². The summed E-state index contributed by atoms with van der Waals surface area (Å²) in [5.41, 5.74) is 3.71. The van der Waals surface area contributed by atoms with Crippen molar-refractivity contribution < 1.29 is 5.11 Å². The van der Waals surface area contributed by atoms with E-state index in [4.69, 9.17) is 4.99 Å².